The summed E-state index contributed by atoms with van der Waals surface area (Å²) in [6.07, 6.45) is 1.24. The molecule has 230 valence electrons. The van der Waals surface area contributed by atoms with Gasteiger partial charge in [0.1, 0.15) is 18.2 Å². The van der Waals surface area contributed by atoms with Crippen LogP contribution < -0.4 is 21.7 Å². The Balaban J connectivity index is 1.38. The molecule has 6 N–H and O–H groups in total. The molecule has 5 rings (SSSR count). The zero-order valence-corrected chi connectivity index (χ0v) is 24.8. The van der Waals surface area contributed by atoms with Gasteiger partial charge in [-0.05, 0) is 40.5 Å². The van der Waals surface area contributed by atoms with Crippen LogP contribution in [0.2, 0.25) is 0 Å². The highest BCUT2D eigenvalue weighted by Gasteiger charge is 2.37. The smallest absolute Gasteiger partial charge is 0.408 e. The van der Waals surface area contributed by atoms with Crippen LogP contribution in [0.5, 0.6) is 0 Å². The standard InChI is InChI=1S/C35H35N5O5/c1-35(33(43)38-21-31(36)41,19-23-10-3-2-4-11-23)40-32(42)30(18-26-20-37-29-17-8-7-16-28(26)29)39-34(44)45-22-25-14-9-13-24-12-5-6-15-27(24)25/h2-17,20,30,37H,18-19,21-22H2,1H3,(H2,36,41)(H,38,43)(H,39,44)(H,40,42)/t30?,35-/m0/s1. The van der Waals surface area contributed by atoms with Crippen LogP contribution in [0, 0.1) is 0 Å². The van der Waals surface area contributed by atoms with Gasteiger partial charge in [-0.2, -0.15) is 0 Å². The molecule has 5 aromatic rings. The van der Waals surface area contributed by atoms with Crippen LogP contribution in [0.4, 0.5) is 4.79 Å². The van der Waals surface area contributed by atoms with Gasteiger partial charge in [-0.15, -0.1) is 0 Å². The number of amides is 4. The summed E-state index contributed by atoms with van der Waals surface area (Å²) >= 11 is 0. The number of aromatic nitrogens is 1. The predicted octanol–water partition coefficient (Wildman–Crippen LogP) is 3.88. The van der Waals surface area contributed by atoms with Crippen LogP contribution in [-0.4, -0.2) is 46.9 Å². The number of hydrogen-bond acceptors (Lipinski definition) is 5. The Morgan fingerprint density at radius 3 is 2.31 bits per heavy atom. The molecule has 0 saturated heterocycles. The van der Waals surface area contributed by atoms with Crippen molar-refractivity contribution in [1.82, 2.24) is 20.9 Å². The average molecular weight is 606 g/mol. The third kappa shape index (κ3) is 7.66. The molecule has 0 fully saturated rings. The summed E-state index contributed by atoms with van der Waals surface area (Å²) in [4.78, 5) is 55.1. The van der Waals surface area contributed by atoms with Crippen molar-refractivity contribution >= 4 is 45.5 Å². The van der Waals surface area contributed by atoms with Crippen LogP contribution in [-0.2, 0) is 38.6 Å². The zero-order chi connectivity index (χ0) is 31.8. The normalized spacial score (nSPS) is 13.0. The fraction of sp³-hybridized carbons (Fsp3) is 0.200. The lowest BCUT2D eigenvalue weighted by Crippen LogP contribution is -2.62. The van der Waals surface area contributed by atoms with Crippen LogP contribution in [0.1, 0.15) is 23.6 Å². The van der Waals surface area contributed by atoms with E-state index in [4.69, 9.17) is 10.5 Å². The second kappa shape index (κ2) is 13.8. The molecule has 0 radical (unpaired) electrons. The molecule has 0 aliphatic heterocycles. The number of fused-ring (bicyclic) bond motifs is 2. The Morgan fingerprint density at radius 2 is 1.53 bits per heavy atom. The molecule has 0 spiro atoms. The minimum atomic E-state index is -1.49. The number of aromatic amines is 1. The minimum Gasteiger partial charge on any atom is -0.445 e. The first-order valence-corrected chi connectivity index (χ1v) is 14.6. The van der Waals surface area contributed by atoms with Gasteiger partial charge in [-0.3, -0.25) is 14.4 Å². The molecule has 0 aliphatic rings. The summed E-state index contributed by atoms with van der Waals surface area (Å²) in [5.41, 5.74) is 7.05. The van der Waals surface area contributed by atoms with E-state index in [0.29, 0.717) is 0 Å². The number of benzene rings is 4. The quantitative estimate of drug-likeness (QED) is 0.146. The fourth-order valence-electron chi connectivity index (χ4n) is 5.38. The van der Waals surface area contributed by atoms with Crippen LogP contribution in [0.15, 0.2) is 103 Å². The summed E-state index contributed by atoms with van der Waals surface area (Å²) in [6, 6.07) is 29.2. The Hall–Kier alpha value is -5.64. The van der Waals surface area contributed by atoms with Crippen molar-refractivity contribution in [3.8, 4) is 0 Å². The number of primary amides is 1. The lowest BCUT2D eigenvalue weighted by molar-refractivity contribution is -0.134. The number of para-hydroxylation sites is 1. The van der Waals surface area contributed by atoms with Gasteiger partial charge in [-0.25, -0.2) is 4.79 Å². The maximum absolute atomic E-state index is 14.0. The SMILES string of the molecule is C[C@@](Cc1ccccc1)(NC(=O)C(Cc1c[nH]c2ccccc12)NC(=O)OCc1cccc2ccccc12)C(=O)NCC(N)=O. The van der Waals surface area contributed by atoms with Gasteiger partial charge in [0.15, 0.2) is 0 Å². The monoisotopic (exact) mass is 605 g/mol. The second-order valence-electron chi connectivity index (χ2n) is 11.1. The van der Waals surface area contributed by atoms with Gasteiger partial charge >= 0.3 is 6.09 Å². The Labute approximate surface area is 260 Å². The number of hydrogen-bond donors (Lipinski definition) is 5. The van der Waals surface area contributed by atoms with E-state index in [-0.39, 0.29) is 19.4 Å². The molecule has 10 heteroatoms. The average Bonchev–Trinajstić information content (AvgIpc) is 3.45. The summed E-state index contributed by atoms with van der Waals surface area (Å²) in [6.45, 7) is 1.17. The van der Waals surface area contributed by atoms with Gasteiger partial charge in [0.2, 0.25) is 17.7 Å². The van der Waals surface area contributed by atoms with Crippen molar-refractivity contribution in [3.63, 3.8) is 0 Å². The summed E-state index contributed by atoms with van der Waals surface area (Å²) in [5, 5.41) is 10.9. The first kappa shape index (κ1) is 30.8. The van der Waals surface area contributed by atoms with Crippen molar-refractivity contribution < 1.29 is 23.9 Å². The molecule has 0 saturated carbocycles. The molecular weight excluding hydrogens is 570 g/mol. The van der Waals surface area contributed by atoms with E-state index in [1.165, 1.54) is 0 Å². The number of alkyl carbamates (subject to hydrolysis) is 1. The minimum absolute atomic E-state index is 0.00411. The van der Waals surface area contributed by atoms with E-state index in [1.807, 2.05) is 97.1 Å². The largest absolute Gasteiger partial charge is 0.445 e. The molecule has 4 aromatic carbocycles. The van der Waals surface area contributed by atoms with Crippen molar-refractivity contribution in [2.24, 2.45) is 5.73 Å². The van der Waals surface area contributed by atoms with Crippen molar-refractivity contribution in [3.05, 3.63) is 120 Å². The first-order chi connectivity index (χ1) is 21.7. The molecule has 1 aromatic heterocycles. The second-order valence-corrected chi connectivity index (χ2v) is 11.1. The van der Waals surface area contributed by atoms with Gasteiger partial charge in [0, 0.05) is 29.9 Å². The van der Waals surface area contributed by atoms with E-state index in [0.717, 1.165) is 38.4 Å². The lowest BCUT2D eigenvalue weighted by Gasteiger charge is -2.31. The number of ether oxygens (including phenoxy) is 1. The Morgan fingerprint density at radius 1 is 0.844 bits per heavy atom. The van der Waals surface area contributed by atoms with E-state index in [2.05, 4.69) is 20.9 Å². The molecule has 45 heavy (non-hydrogen) atoms. The van der Waals surface area contributed by atoms with E-state index in [1.54, 1.807) is 13.1 Å². The number of carbonyl (C=O) groups excluding carboxylic acids is 4. The van der Waals surface area contributed by atoms with Crippen molar-refractivity contribution in [1.29, 1.82) is 0 Å². The molecule has 1 unspecified atom stereocenters. The molecular formula is C35H35N5O5. The number of H-pyrrole nitrogens is 1. The molecule has 10 nitrogen and oxygen atoms in total. The number of carbonyl (C=O) groups is 4. The number of rotatable bonds is 12. The van der Waals surface area contributed by atoms with Crippen molar-refractivity contribution in [2.45, 2.75) is 38.0 Å². The number of nitrogens with two attached hydrogens (primary N) is 1. The van der Waals surface area contributed by atoms with Gasteiger partial charge < -0.3 is 31.4 Å². The maximum atomic E-state index is 14.0. The van der Waals surface area contributed by atoms with Gasteiger partial charge in [0.05, 0.1) is 6.54 Å². The van der Waals surface area contributed by atoms with Crippen LogP contribution >= 0.6 is 0 Å². The third-order valence-electron chi connectivity index (χ3n) is 7.67. The predicted molar refractivity (Wildman–Crippen MR) is 172 cm³/mol. The third-order valence-corrected chi connectivity index (χ3v) is 7.67. The summed E-state index contributed by atoms with van der Waals surface area (Å²) < 4.78 is 5.59. The first-order valence-electron chi connectivity index (χ1n) is 14.6. The molecule has 2 atom stereocenters. The van der Waals surface area contributed by atoms with Gasteiger partial charge in [-0.1, -0.05) is 91.0 Å². The topological polar surface area (TPSA) is 155 Å². The number of nitrogens with one attached hydrogen (secondary N) is 4. The molecule has 0 aliphatic carbocycles. The Bertz CT molecular complexity index is 1830. The van der Waals surface area contributed by atoms with Crippen LogP contribution in [0.3, 0.4) is 0 Å². The van der Waals surface area contributed by atoms with Gasteiger partial charge in [0.25, 0.3) is 0 Å². The van der Waals surface area contributed by atoms with E-state index >= 15 is 0 Å². The lowest BCUT2D eigenvalue weighted by atomic mass is 9.90. The van der Waals surface area contributed by atoms with Crippen molar-refractivity contribution in [2.75, 3.05) is 6.54 Å². The zero-order valence-electron chi connectivity index (χ0n) is 24.8. The molecule has 4 amide bonds. The van der Waals surface area contributed by atoms with Crippen LogP contribution in [0.25, 0.3) is 21.7 Å². The summed E-state index contributed by atoms with van der Waals surface area (Å²) in [5.74, 6) is -1.91. The fourth-order valence-corrected chi connectivity index (χ4v) is 5.38. The highest BCUT2D eigenvalue weighted by atomic mass is 16.5. The Kier molecular flexibility index (Phi) is 9.43. The van der Waals surface area contributed by atoms with E-state index < -0.39 is 41.9 Å². The summed E-state index contributed by atoms with van der Waals surface area (Å²) in [7, 11) is 0. The highest BCUT2D eigenvalue weighted by Crippen LogP contribution is 2.22. The maximum Gasteiger partial charge on any atom is 0.408 e. The van der Waals surface area contributed by atoms with E-state index in [9.17, 15) is 19.2 Å². The highest BCUT2D eigenvalue weighted by molar-refractivity contribution is 5.96. The molecule has 1 heterocycles. The molecule has 0 bridgehead atoms.